The summed E-state index contributed by atoms with van der Waals surface area (Å²) in [6, 6.07) is 16.3. The Bertz CT molecular complexity index is 840. The Hall–Kier alpha value is -3.22. The van der Waals surface area contributed by atoms with E-state index >= 15 is 0 Å². The van der Waals surface area contributed by atoms with Crippen molar-refractivity contribution in [2.45, 2.75) is 31.4 Å². The van der Waals surface area contributed by atoms with E-state index in [1.165, 1.54) is 0 Å². The molecule has 3 rings (SSSR count). The molecule has 0 bridgehead atoms. The highest BCUT2D eigenvalue weighted by molar-refractivity contribution is 5.78. The van der Waals surface area contributed by atoms with Gasteiger partial charge in [-0.3, -0.25) is 0 Å². The zero-order valence-electron chi connectivity index (χ0n) is 16.6. The van der Waals surface area contributed by atoms with Crippen molar-refractivity contribution in [3.05, 3.63) is 60.2 Å². The van der Waals surface area contributed by atoms with Crippen molar-refractivity contribution in [3.63, 3.8) is 0 Å². The van der Waals surface area contributed by atoms with Crippen LogP contribution in [-0.4, -0.2) is 53.8 Å². The second-order valence-corrected chi connectivity index (χ2v) is 7.36. The van der Waals surface area contributed by atoms with E-state index < -0.39 is 11.6 Å². The molecule has 29 heavy (non-hydrogen) atoms. The van der Waals surface area contributed by atoms with Gasteiger partial charge in [-0.25, -0.2) is 9.59 Å². The Labute approximate surface area is 170 Å². The van der Waals surface area contributed by atoms with Crippen LogP contribution in [0.3, 0.4) is 0 Å². The number of nitrogens with zero attached hydrogens (tertiary/aromatic N) is 1. The number of carboxylic acid groups (broad SMARTS) is 1. The van der Waals surface area contributed by atoms with Gasteiger partial charge in [-0.2, -0.15) is 0 Å². The maximum atomic E-state index is 11.8. The van der Waals surface area contributed by atoms with Crippen molar-refractivity contribution in [1.29, 1.82) is 0 Å². The second kappa shape index (κ2) is 8.86. The van der Waals surface area contributed by atoms with E-state index in [9.17, 15) is 14.7 Å². The Morgan fingerprint density at radius 2 is 1.86 bits per heavy atom. The minimum Gasteiger partial charge on any atom is -0.494 e. The van der Waals surface area contributed by atoms with Gasteiger partial charge >= 0.3 is 12.0 Å². The summed E-state index contributed by atoms with van der Waals surface area (Å²) in [5.74, 6) is 0.197. The second-order valence-electron chi connectivity index (χ2n) is 7.36. The number of benzene rings is 2. The predicted molar refractivity (Wildman–Crippen MR) is 108 cm³/mol. The number of amides is 2. The quantitative estimate of drug-likeness (QED) is 0.678. The average Bonchev–Trinajstić information content (AvgIpc) is 3.02. The van der Waals surface area contributed by atoms with E-state index in [2.05, 4.69) is 5.32 Å². The maximum Gasteiger partial charge on any atom is 0.348 e. The molecule has 2 N–H and O–H groups in total. The fraction of sp³-hybridized carbons (Fsp3) is 0.364. The zero-order chi connectivity index (χ0) is 20.9. The van der Waals surface area contributed by atoms with Crippen LogP contribution in [0, 0.1) is 0 Å². The fourth-order valence-corrected chi connectivity index (χ4v) is 3.24. The first-order chi connectivity index (χ1) is 13.9. The number of nitrogens with one attached hydrogen (secondary N) is 1. The number of hydrogen-bond acceptors (Lipinski definition) is 4. The minimum absolute atomic E-state index is 0.0569. The summed E-state index contributed by atoms with van der Waals surface area (Å²) in [6.07, 6.45) is 0.956. The normalized spacial score (nSPS) is 18.1. The molecule has 1 aliphatic rings. The molecule has 1 saturated heterocycles. The summed E-state index contributed by atoms with van der Waals surface area (Å²) in [5, 5.41) is 12.5. The Morgan fingerprint density at radius 3 is 2.45 bits per heavy atom. The topological polar surface area (TPSA) is 88.1 Å². The summed E-state index contributed by atoms with van der Waals surface area (Å²) < 4.78 is 11.5. The number of ether oxygens (including phenoxy) is 2. The molecule has 2 atom stereocenters. The van der Waals surface area contributed by atoms with Gasteiger partial charge in [-0.05, 0) is 36.8 Å². The summed E-state index contributed by atoms with van der Waals surface area (Å²) in [6.45, 7) is 2.69. The molecule has 2 amide bonds. The molecule has 1 fully saturated rings. The lowest BCUT2D eigenvalue weighted by molar-refractivity contribution is -0.153. The zero-order valence-corrected chi connectivity index (χ0v) is 16.6. The first kappa shape index (κ1) is 20.5. The van der Waals surface area contributed by atoms with Crippen LogP contribution in [0.4, 0.5) is 4.79 Å². The molecule has 0 radical (unpaired) electrons. The largest absolute Gasteiger partial charge is 0.494 e. The van der Waals surface area contributed by atoms with E-state index in [0.717, 1.165) is 12.0 Å². The van der Waals surface area contributed by atoms with Crippen LogP contribution in [-0.2, 0) is 11.2 Å². The van der Waals surface area contributed by atoms with Gasteiger partial charge in [0.2, 0.25) is 5.60 Å². The molecule has 2 aromatic rings. The SMILES string of the molecule is CN1C(=O)NCC1CCOc1ccc(CC(C)(Oc2ccccc2)C(=O)O)cc1. The number of urea groups is 1. The smallest absolute Gasteiger partial charge is 0.348 e. The highest BCUT2D eigenvalue weighted by Gasteiger charge is 2.36. The molecule has 2 aromatic carbocycles. The number of carbonyl (C=O) groups is 2. The Balaban J connectivity index is 1.55. The molecule has 1 aliphatic heterocycles. The number of carbonyl (C=O) groups excluding carboxylic acids is 1. The third kappa shape index (κ3) is 5.19. The first-order valence-corrected chi connectivity index (χ1v) is 9.57. The number of hydrogen-bond donors (Lipinski definition) is 2. The van der Waals surface area contributed by atoms with Crippen molar-refractivity contribution in [1.82, 2.24) is 10.2 Å². The molecule has 2 unspecified atom stereocenters. The van der Waals surface area contributed by atoms with E-state index in [1.807, 2.05) is 30.3 Å². The van der Waals surface area contributed by atoms with Gasteiger partial charge in [0.1, 0.15) is 11.5 Å². The maximum absolute atomic E-state index is 11.8. The molecule has 1 heterocycles. The molecule has 0 aromatic heterocycles. The number of para-hydroxylation sites is 1. The summed E-state index contributed by atoms with van der Waals surface area (Å²) >= 11 is 0. The van der Waals surface area contributed by atoms with E-state index in [4.69, 9.17) is 9.47 Å². The van der Waals surface area contributed by atoms with Crippen molar-refractivity contribution in [2.24, 2.45) is 0 Å². The molecule has 0 spiro atoms. The monoisotopic (exact) mass is 398 g/mol. The lowest BCUT2D eigenvalue weighted by Crippen LogP contribution is -2.43. The van der Waals surface area contributed by atoms with Gasteiger partial charge in [0.05, 0.1) is 12.6 Å². The molecular weight excluding hydrogens is 372 g/mol. The van der Waals surface area contributed by atoms with Crippen molar-refractivity contribution in [3.8, 4) is 11.5 Å². The van der Waals surface area contributed by atoms with Gasteiger partial charge in [-0.15, -0.1) is 0 Å². The number of carboxylic acids is 1. The summed E-state index contributed by atoms with van der Waals surface area (Å²) in [7, 11) is 1.78. The molecule has 154 valence electrons. The first-order valence-electron chi connectivity index (χ1n) is 9.57. The van der Waals surface area contributed by atoms with Gasteiger partial charge in [-0.1, -0.05) is 30.3 Å². The number of aliphatic carboxylic acids is 1. The van der Waals surface area contributed by atoms with Gasteiger partial charge in [0.15, 0.2) is 0 Å². The van der Waals surface area contributed by atoms with Crippen LogP contribution in [0.15, 0.2) is 54.6 Å². The minimum atomic E-state index is -1.38. The van der Waals surface area contributed by atoms with Crippen LogP contribution in [0.5, 0.6) is 11.5 Å². The average molecular weight is 398 g/mol. The molecule has 7 nitrogen and oxygen atoms in total. The van der Waals surface area contributed by atoms with Crippen molar-refractivity contribution < 1.29 is 24.2 Å². The lowest BCUT2D eigenvalue weighted by atomic mass is 9.96. The van der Waals surface area contributed by atoms with Gasteiger partial charge < -0.3 is 24.8 Å². The highest BCUT2D eigenvalue weighted by atomic mass is 16.5. The fourth-order valence-electron chi connectivity index (χ4n) is 3.24. The van der Waals surface area contributed by atoms with Crippen LogP contribution >= 0.6 is 0 Å². The Morgan fingerprint density at radius 1 is 1.17 bits per heavy atom. The van der Waals surface area contributed by atoms with Crippen molar-refractivity contribution >= 4 is 12.0 Å². The highest BCUT2D eigenvalue weighted by Crippen LogP contribution is 2.24. The van der Waals surface area contributed by atoms with Gasteiger partial charge in [0.25, 0.3) is 0 Å². The van der Waals surface area contributed by atoms with Crippen LogP contribution in [0.1, 0.15) is 18.9 Å². The molecule has 7 heteroatoms. The van der Waals surface area contributed by atoms with Crippen LogP contribution in [0.25, 0.3) is 0 Å². The third-order valence-corrected chi connectivity index (χ3v) is 5.08. The lowest BCUT2D eigenvalue weighted by Gasteiger charge is -2.26. The molecular formula is C22H26N2O5. The van der Waals surface area contributed by atoms with E-state index in [0.29, 0.717) is 24.7 Å². The summed E-state index contributed by atoms with van der Waals surface area (Å²) in [4.78, 5) is 25.0. The molecule has 0 saturated carbocycles. The molecule has 0 aliphatic carbocycles. The van der Waals surface area contributed by atoms with Gasteiger partial charge in [0, 0.05) is 26.4 Å². The summed E-state index contributed by atoms with van der Waals surface area (Å²) in [5.41, 5.74) is -0.542. The van der Waals surface area contributed by atoms with E-state index in [-0.39, 0.29) is 18.5 Å². The van der Waals surface area contributed by atoms with Crippen LogP contribution < -0.4 is 14.8 Å². The standard InChI is InChI=1S/C22H26N2O5/c1-22(20(25)26,29-19-6-4-3-5-7-19)14-16-8-10-18(11-9-16)28-13-12-17-15-23-21(27)24(17)2/h3-11,17H,12-15H2,1-2H3,(H,23,27)(H,25,26). The number of likely N-dealkylation sites (N-methyl/N-ethyl adjacent to an activating group) is 1. The van der Waals surface area contributed by atoms with E-state index in [1.54, 1.807) is 43.1 Å². The number of rotatable bonds is 9. The van der Waals surface area contributed by atoms with Crippen molar-refractivity contribution in [2.75, 3.05) is 20.2 Å². The van der Waals surface area contributed by atoms with Crippen LogP contribution in [0.2, 0.25) is 0 Å². The third-order valence-electron chi connectivity index (χ3n) is 5.08. The Kier molecular flexibility index (Phi) is 6.26. The predicted octanol–water partition coefficient (Wildman–Crippen LogP) is 2.94.